The van der Waals surface area contributed by atoms with Crippen molar-refractivity contribution in [2.75, 3.05) is 31.7 Å². The molecular weight excluding hydrogens is 393 g/mol. The van der Waals surface area contributed by atoms with E-state index in [9.17, 15) is 19.1 Å². The van der Waals surface area contributed by atoms with Crippen LogP contribution in [0.15, 0.2) is 12.1 Å². The Bertz CT molecular complexity index is 858. The molecule has 2 atom stereocenters. The Morgan fingerprint density at radius 2 is 2.13 bits per heavy atom. The molecule has 8 nitrogen and oxygen atoms in total. The second-order valence-electron chi connectivity index (χ2n) is 7.77. The van der Waals surface area contributed by atoms with Gasteiger partial charge in [0, 0.05) is 22.9 Å². The van der Waals surface area contributed by atoms with E-state index in [0.717, 1.165) is 19.8 Å². The average Bonchev–Trinajstić information content (AvgIpc) is 3.53. The van der Waals surface area contributed by atoms with Gasteiger partial charge in [-0.25, -0.2) is 14.2 Å². The molecule has 9 heteroatoms. The second kappa shape index (κ2) is 9.16. The van der Waals surface area contributed by atoms with Crippen LogP contribution >= 0.6 is 0 Å². The van der Waals surface area contributed by atoms with E-state index in [2.05, 4.69) is 10.3 Å². The van der Waals surface area contributed by atoms with Gasteiger partial charge in [-0.3, -0.25) is 4.79 Å². The number of carboxylic acids is 1. The topological polar surface area (TPSA) is 101 Å². The third-order valence-corrected chi connectivity index (χ3v) is 5.71. The fourth-order valence-corrected chi connectivity index (χ4v) is 3.33. The first kappa shape index (κ1) is 19.5. The highest BCUT2D eigenvalue weighted by Crippen LogP contribution is 2.34. The number of alkyl halides is 1. The number of hydrogen-bond donors (Lipinski definition) is 2. The average molecular weight is 425 g/mol. The number of nitrogens with zero attached hydrogens (tertiary/aromatic N) is 2. The van der Waals surface area contributed by atoms with Crippen molar-refractivity contribution in [3.05, 3.63) is 17.8 Å². The predicted molar refractivity (Wildman–Crippen MR) is 109 cm³/mol. The van der Waals surface area contributed by atoms with Crippen LogP contribution in [0.25, 0.3) is 0 Å². The lowest BCUT2D eigenvalue weighted by molar-refractivity contribution is -0.147. The fourth-order valence-electron chi connectivity index (χ4n) is 3.33. The normalized spacial score (nSPS) is 21.0. The van der Waals surface area contributed by atoms with Gasteiger partial charge in [-0.05, 0) is 43.7 Å². The van der Waals surface area contributed by atoms with E-state index in [-0.39, 0.29) is 24.1 Å². The minimum Gasteiger partial charge on any atom is -0.479 e. The van der Waals surface area contributed by atoms with Gasteiger partial charge in [0.1, 0.15) is 17.6 Å². The standard InChI is InChI=1S/C21H30FN3O5/c1-4-17(22)21(5-2,20(27)28)24-18(26)15-8-9-16(25-10-14(11-25)29-3)19(23-15)30-12-13-6-7-13/h8-9,13-14,17H,4-7,10-12H2,1-3H3,(H,24,26)(H,27,28)/i4D2. The zero-order chi connectivity index (χ0) is 23.7. The summed E-state index contributed by atoms with van der Waals surface area (Å²) in [6.45, 7) is 4.08. The smallest absolute Gasteiger partial charge is 0.332 e. The monoisotopic (exact) mass is 425 g/mol. The van der Waals surface area contributed by atoms with Crippen molar-refractivity contribution in [1.82, 2.24) is 10.3 Å². The minimum absolute atomic E-state index is 0.0977. The molecule has 3 rings (SSSR count). The van der Waals surface area contributed by atoms with E-state index in [4.69, 9.17) is 12.2 Å². The number of methoxy groups -OCH3 is 1. The summed E-state index contributed by atoms with van der Waals surface area (Å²) in [6.07, 6.45) is -3.07. The molecule has 30 heavy (non-hydrogen) atoms. The van der Waals surface area contributed by atoms with E-state index in [1.165, 1.54) is 13.0 Å². The quantitative estimate of drug-likeness (QED) is 0.561. The summed E-state index contributed by atoms with van der Waals surface area (Å²) >= 11 is 0. The van der Waals surface area contributed by atoms with Crippen molar-refractivity contribution in [2.45, 2.75) is 57.3 Å². The van der Waals surface area contributed by atoms with Gasteiger partial charge >= 0.3 is 5.97 Å². The van der Waals surface area contributed by atoms with Crippen LogP contribution in [-0.4, -0.2) is 66.6 Å². The largest absolute Gasteiger partial charge is 0.479 e. The van der Waals surface area contributed by atoms with Gasteiger partial charge in [-0.15, -0.1) is 0 Å². The third kappa shape index (κ3) is 4.50. The van der Waals surface area contributed by atoms with Gasteiger partial charge in [0.05, 0.1) is 12.7 Å². The molecule has 0 bridgehead atoms. The molecule has 1 aliphatic heterocycles. The SMILES string of the molecule is [2H]C([2H])(C)C(F)C(CC)(NC(=O)c1ccc(N2CC(OC)C2)c(OCC2CC2)n1)C(=O)O. The number of hydrogen-bond acceptors (Lipinski definition) is 6. The minimum atomic E-state index is -2.48. The summed E-state index contributed by atoms with van der Waals surface area (Å²) in [5.74, 6) is -1.87. The number of pyridine rings is 1. The molecule has 1 saturated heterocycles. The van der Waals surface area contributed by atoms with Crippen LogP contribution in [0.3, 0.4) is 0 Å². The maximum absolute atomic E-state index is 14.9. The van der Waals surface area contributed by atoms with Crippen LogP contribution in [0.1, 0.15) is 52.7 Å². The lowest BCUT2D eigenvalue weighted by Crippen LogP contribution is -2.60. The predicted octanol–water partition coefficient (Wildman–Crippen LogP) is 2.42. The third-order valence-electron chi connectivity index (χ3n) is 5.71. The van der Waals surface area contributed by atoms with Crippen LogP contribution in [0.4, 0.5) is 10.1 Å². The number of rotatable bonds is 11. The molecule has 2 aliphatic rings. The molecule has 0 spiro atoms. The van der Waals surface area contributed by atoms with Crippen molar-refractivity contribution < 1.29 is 31.3 Å². The Hall–Kier alpha value is -2.42. The van der Waals surface area contributed by atoms with Crippen molar-refractivity contribution in [1.29, 1.82) is 0 Å². The molecule has 166 valence electrons. The zero-order valence-corrected chi connectivity index (χ0v) is 17.5. The Kier molecular flexibility index (Phi) is 5.96. The lowest BCUT2D eigenvalue weighted by Gasteiger charge is -2.40. The van der Waals surface area contributed by atoms with Gasteiger partial charge in [0.2, 0.25) is 5.88 Å². The maximum Gasteiger partial charge on any atom is 0.332 e. The van der Waals surface area contributed by atoms with Gasteiger partial charge < -0.3 is 24.8 Å². The lowest BCUT2D eigenvalue weighted by atomic mass is 9.88. The van der Waals surface area contributed by atoms with E-state index in [1.54, 1.807) is 13.2 Å². The number of ether oxygens (including phenoxy) is 2. The Morgan fingerprint density at radius 1 is 1.43 bits per heavy atom. The molecule has 1 aliphatic carbocycles. The van der Waals surface area contributed by atoms with E-state index >= 15 is 0 Å². The van der Waals surface area contributed by atoms with E-state index < -0.39 is 30.0 Å². The van der Waals surface area contributed by atoms with Crippen molar-refractivity contribution >= 4 is 17.6 Å². The molecule has 2 unspecified atom stereocenters. The second-order valence-corrected chi connectivity index (χ2v) is 7.77. The van der Waals surface area contributed by atoms with Gasteiger partial charge in [-0.1, -0.05) is 13.8 Å². The number of amides is 1. The molecule has 2 heterocycles. The maximum atomic E-state index is 14.9. The van der Waals surface area contributed by atoms with Crippen molar-refractivity contribution in [3.8, 4) is 5.88 Å². The molecule has 1 saturated carbocycles. The number of aliphatic carboxylic acids is 1. The molecule has 1 aromatic heterocycles. The highest BCUT2D eigenvalue weighted by molar-refractivity contribution is 5.97. The Labute approximate surface area is 178 Å². The molecule has 2 N–H and O–H groups in total. The van der Waals surface area contributed by atoms with Crippen molar-refractivity contribution in [2.24, 2.45) is 5.92 Å². The summed E-state index contributed by atoms with van der Waals surface area (Å²) < 4.78 is 41.3. The number of carbonyl (C=O) groups excluding carboxylic acids is 1. The summed E-state index contributed by atoms with van der Waals surface area (Å²) in [4.78, 5) is 31.1. The van der Waals surface area contributed by atoms with Crippen LogP contribution in [0, 0.1) is 5.92 Å². The molecule has 1 aromatic rings. The summed E-state index contributed by atoms with van der Waals surface area (Å²) in [6, 6.07) is 3.08. The van der Waals surface area contributed by atoms with Gasteiger partial charge in [0.25, 0.3) is 5.91 Å². The molecule has 0 radical (unpaired) electrons. The van der Waals surface area contributed by atoms with Crippen molar-refractivity contribution in [3.63, 3.8) is 0 Å². The number of aromatic nitrogens is 1. The van der Waals surface area contributed by atoms with Crippen LogP contribution in [0.5, 0.6) is 5.88 Å². The highest BCUT2D eigenvalue weighted by Gasteiger charge is 2.46. The Balaban J connectivity index is 1.85. The van der Waals surface area contributed by atoms with Crippen LogP contribution in [0.2, 0.25) is 0 Å². The summed E-state index contributed by atoms with van der Waals surface area (Å²) in [5.41, 5.74) is -1.87. The zero-order valence-electron chi connectivity index (χ0n) is 19.5. The molecular formula is C21H30FN3O5. The Morgan fingerprint density at radius 3 is 2.67 bits per heavy atom. The molecule has 1 amide bonds. The van der Waals surface area contributed by atoms with Crippen LogP contribution < -0.4 is 15.0 Å². The van der Waals surface area contributed by atoms with E-state index in [1.807, 2.05) is 4.90 Å². The van der Waals surface area contributed by atoms with Gasteiger partial charge in [0.15, 0.2) is 5.54 Å². The van der Waals surface area contributed by atoms with E-state index in [0.29, 0.717) is 31.3 Å². The molecule has 0 aromatic carbocycles. The highest BCUT2D eigenvalue weighted by atomic mass is 19.1. The first-order valence-electron chi connectivity index (χ1n) is 11.1. The number of halogens is 1. The van der Waals surface area contributed by atoms with Crippen LogP contribution in [-0.2, 0) is 9.53 Å². The summed E-state index contributed by atoms with van der Waals surface area (Å²) in [5, 5.41) is 11.9. The fraction of sp³-hybridized carbons (Fsp3) is 0.667. The number of anilines is 1. The number of carboxylic acid groups (broad SMARTS) is 1. The first-order valence-corrected chi connectivity index (χ1v) is 10.1. The van der Waals surface area contributed by atoms with Gasteiger partial charge in [-0.2, -0.15) is 0 Å². The number of carbonyl (C=O) groups is 2. The molecule has 2 fully saturated rings. The summed E-state index contributed by atoms with van der Waals surface area (Å²) in [7, 11) is 1.64. The number of nitrogens with one attached hydrogen (secondary N) is 1. The first-order chi connectivity index (χ1) is 15.0.